The number of rotatable bonds is 4. The molecular formula is C8H10Cl2N4O. The molecule has 0 saturated carbocycles. The molecule has 1 rings (SSSR count). The van der Waals surface area contributed by atoms with E-state index in [0.717, 1.165) is 0 Å². The van der Waals surface area contributed by atoms with Crippen LogP contribution in [0.1, 0.15) is 6.42 Å². The Morgan fingerprint density at radius 2 is 2.20 bits per heavy atom. The summed E-state index contributed by atoms with van der Waals surface area (Å²) >= 11 is 11.2. The smallest absolute Gasteiger partial charge is 0.226 e. The number of nitrogens with one attached hydrogen (secondary N) is 2. The van der Waals surface area contributed by atoms with E-state index in [1.54, 1.807) is 7.05 Å². The van der Waals surface area contributed by atoms with E-state index in [1.165, 1.54) is 6.07 Å². The molecule has 0 fully saturated rings. The summed E-state index contributed by atoms with van der Waals surface area (Å²) in [6.07, 6.45) is 0.357. The number of hydrogen-bond acceptors (Lipinski definition) is 4. The van der Waals surface area contributed by atoms with Crippen LogP contribution in [0.2, 0.25) is 10.4 Å². The minimum atomic E-state index is -0.157. The number of carbonyl (C=O) groups is 1. The number of amides is 1. The molecule has 1 heterocycles. The van der Waals surface area contributed by atoms with Crippen molar-refractivity contribution in [2.24, 2.45) is 0 Å². The molecule has 0 saturated heterocycles. The molecule has 0 atom stereocenters. The standard InChI is InChI=1S/C8H10Cl2N4O/c1-11-3-2-7(15)13-6-4-5(9)12-8(10)14-6/h4,11H,2-3H2,1H3,(H,12,13,14,15). The van der Waals surface area contributed by atoms with E-state index < -0.39 is 0 Å². The highest BCUT2D eigenvalue weighted by Gasteiger charge is 2.05. The Balaban J connectivity index is 2.60. The van der Waals surface area contributed by atoms with Gasteiger partial charge in [-0.25, -0.2) is 9.97 Å². The van der Waals surface area contributed by atoms with E-state index in [4.69, 9.17) is 23.2 Å². The summed E-state index contributed by atoms with van der Waals surface area (Å²) in [5, 5.41) is 5.62. The van der Waals surface area contributed by atoms with Gasteiger partial charge in [0.15, 0.2) is 0 Å². The van der Waals surface area contributed by atoms with Crippen LogP contribution < -0.4 is 10.6 Å². The Morgan fingerprint density at radius 3 is 2.80 bits per heavy atom. The molecule has 1 aromatic rings. The minimum Gasteiger partial charge on any atom is -0.319 e. The van der Waals surface area contributed by atoms with Crippen LogP contribution in [0.4, 0.5) is 5.82 Å². The first-order valence-corrected chi connectivity index (χ1v) is 5.02. The van der Waals surface area contributed by atoms with Gasteiger partial charge in [-0.2, -0.15) is 0 Å². The van der Waals surface area contributed by atoms with Crippen LogP contribution >= 0.6 is 23.2 Å². The zero-order valence-corrected chi connectivity index (χ0v) is 9.56. The molecular weight excluding hydrogens is 239 g/mol. The molecule has 1 aromatic heterocycles. The van der Waals surface area contributed by atoms with E-state index in [-0.39, 0.29) is 16.3 Å². The largest absolute Gasteiger partial charge is 0.319 e. The highest BCUT2D eigenvalue weighted by molar-refractivity contribution is 6.32. The molecule has 0 radical (unpaired) electrons. The van der Waals surface area contributed by atoms with Crippen molar-refractivity contribution in [3.63, 3.8) is 0 Å². The normalized spacial score (nSPS) is 10.1. The van der Waals surface area contributed by atoms with Crippen molar-refractivity contribution < 1.29 is 4.79 Å². The maximum Gasteiger partial charge on any atom is 0.226 e. The predicted octanol–water partition coefficient (Wildman–Crippen LogP) is 1.33. The number of anilines is 1. The van der Waals surface area contributed by atoms with Crippen LogP contribution in [0.25, 0.3) is 0 Å². The van der Waals surface area contributed by atoms with Gasteiger partial charge < -0.3 is 10.6 Å². The van der Waals surface area contributed by atoms with E-state index in [1.807, 2.05) is 0 Å². The van der Waals surface area contributed by atoms with Crippen LogP contribution in [0.3, 0.4) is 0 Å². The Bertz CT molecular complexity index is 338. The second kappa shape index (κ2) is 5.85. The van der Waals surface area contributed by atoms with Crippen molar-refractivity contribution >= 4 is 34.9 Å². The van der Waals surface area contributed by atoms with Gasteiger partial charge in [0, 0.05) is 19.0 Å². The summed E-state index contributed by atoms with van der Waals surface area (Å²) in [5.74, 6) is 0.149. The second-order valence-electron chi connectivity index (χ2n) is 2.75. The molecule has 0 aliphatic carbocycles. The van der Waals surface area contributed by atoms with Gasteiger partial charge in [-0.1, -0.05) is 11.6 Å². The molecule has 0 unspecified atom stereocenters. The average Bonchev–Trinajstić information content (AvgIpc) is 2.13. The van der Waals surface area contributed by atoms with Gasteiger partial charge in [0.2, 0.25) is 11.2 Å². The zero-order chi connectivity index (χ0) is 11.3. The van der Waals surface area contributed by atoms with Gasteiger partial charge in [-0.05, 0) is 18.6 Å². The maximum atomic E-state index is 11.3. The van der Waals surface area contributed by atoms with Crippen molar-refractivity contribution in [2.75, 3.05) is 18.9 Å². The molecule has 2 N–H and O–H groups in total. The van der Waals surface area contributed by atoms with Crippen molar-refractivity contribution in [3.05, 3.63) is 16.5 Å². The molecule has 82 valence electrons. The van der Waals surface area contributed by atoms with Gasteiger partial charge in [0.05, 0.1) is 0 Å². The first-order valence-electron chi connectivity index (χ1n) is 4.26. The Kier molecular flexibility index (Phi) is 4.74. The summed E-state index contributed by atoms with van der Waals surface area (Å²) in [6, 6.07) is 1.44. The molecule has 15 heavy (non-hydrogen) atoms. The van der Waals surface area contributed by atoms with Gasteiger partial charge in [-0.15, -0.1) is 0 Å². The second-order valence-corrected chi connectivity index (χ2v) is 3.47. The number of aromatic nitrogens is 2. The molecule has 0 spiro atoms. The molecule has 5 nitrogen and oxygen atoms in total. The quantitative estimate of drug-likeness (QED) is 0.624. The topological polar surface area (TPSA) is 66.9 Å². The van der Waals surface area contributed by atoms with E-state index in [9.17, 15) is 4.79 Å². The molecule has 1 amide bonds. The number of halogens is 2. The fourth-order valence-corrected chi connectivity index (χ4v) is 1.31. The summed E-state index contributed by atoms with van der Waals surface area (Å²) in [6.45, 7) is 0.596. The van der Waals surface area contributed by atoms with Gasteiger partial charge in [-0.3, -0.25) is 4.79 Å². The van der Waals surface area contributed by atoms with Crippen LogP contribution in [-0.2, 0) is 4.79 Å². The van der Waals surface area contributed by atoms with Gasteiger partial charge >= 0.3 is 0 Å². The third kappa shape index (κ3) is 4.42. The van der Waals surface area contributed by atoms with Crippen molar-refractivity contribution in [1.82, 2.24) is 15.3 Å². The van der Waals surface area contributed by atoms with E-state index >= 15 is 0 Å². The lowest BCUT2D eigenvalue weighted by atomic mass is 10.4. The number of carbonyl (C=O) groups excluding carboxylic acids is 1. The predicted molar refractivity (Wildman–Crippen MR) is 59.2 cm³/mol. The fourth-order valence-electron chi connectivity index (χ4n) is 0.898. The molecule has 0 aliphatic rings. The summed E-state index contributed by atoms with van der Waals surface area (Å²) in [5.41, 5.74) is 0. The van der Waals surface area contributed by atoms with Crippen molar-refractivity contribution in [2.45, 2.75) is 6.42 Å². The summed E-state index contributed by atoms with van der Waals surface area (Å²) in [7, 11) is 1.77. The van der Waals surface area contributed by atoms with Crippen LogP contribution in [0.15, 0.2) is 6.07 Å². The summed E-state index contributed by atoms with van der Waals surface area (Å²) in [4.78, 5) is 18.8. The monoisotopic (exact) mass is 248 g/mol. The highest BCUT2D eigenvalue weighted by Crippen LogP contribution is 2.14. The van der Waals surface area contributed by atoms with Crippen molar-refractivity contribution in [1.29, 1.82) is 0 Å². The van der Waals surface area contributed by atoms with Crippen LogP contribution in [0.5, 0.6) is 0 Å². The zero-order valence-electron chi connectivity index (χ0n) is 8.05. The molecule has 0 aromatic carbocycles. The fraction of sp³-hybridized carbons (Fsp3) is 0.375. The third-order valence-electron chi connectivity index (χ3n) is 1.54. The minimum absolute atomic E-state index is 0.00594. The van der Waals surface area contributed by atoms with E-state index in [0.29, 0.717) is 18.8 Å². The van der Waals surface area contributed by atoms with E-state index in [2.05, 4.69) is 20.6 Å². The third-order valence-corrected chi connectivity index (χ3v) is 1.90. The van der Waals surface area contributed by atoms with Crippen LogP contribution in [-0.4, -0.2) is 29.5 Å². The Labute approximate surface area is 97.2 Å². The lowest BCUT2D eigenvalue weighted by Crippen LogP contribution is -2.19. The first-order chi connectivity index (χ1) is 7.11. The number of hydrogen-bond donors (Lipinski definition) is 2. The SMILES string of the molecule is CNCCC(=O)Nc1cc(Cl)nc(Cl)n1. The maximum absolute atomic E-state index is 11.3. The summed E-state index contributed by atoms with van der Waals surface area (Å²) < 4.78 is 0. The first kappa shape index (κ1) is 12.2. The van der Waals surface area contributed by atoms with Gasteiger partial charge in [0.25, 0.3) is 0 Å². The molecule has 0 bridgehead atoms. The van der Waals surface area contributed by atoms with Gasteiger partial charge in [0.1, 0.15) is 11.0 Å². The molecule has 0 aliphatic heterocycles. The van der Waals surface area contributed by atoms with Crippen LogP contribution in [0, 0.1) is 0 Å². The number of nitrogens with zero attached hydrogens (tertiary/aromatic N) is 2. The van der Waals surface area contributed by atoms with Crippen molar-refractivity contribution in [3.8, 4) is 0 Å². The lowest BCUT2D eigenvalue weighted by Gasteiger charge is -2.04. The Morgan fingerprint density at radius 1 is 1.47 bits per heavy atom. The Hall–Kier alpha value is -0.910. The average molecular weight is 249 g/mol. The lowest BCUT2D eigenvalue weighted by molar-refractivity contribution is -0.116. The highest BCUT2D eigenvalue weighted by atomic mass is 35.5. The molecule has 7 heteroatoms.